The zero-order valence-corrected chi connectivity index (χ0v) is 22.2. The van der Waals surface area contributed by atoms with Gasteiger partial charge in [-0.25, -0.2) is 0 Å². The van der Waals surface area contributed by atoms with Crippen molar-refractivity contribution >= 4 is 11.6 Å². The van der Waals surface area contributed by atoms with E-state index in [0.29, 0.717) is 31.3 Å². The average Bonchev–Trinajstić information content (AvgIpc) is 2.87. The van der Waals surface area contributed by atoms with Crippen LogP contribution in [0.2, 0.25) is 0 Å². The number of benzene rings is 1. The summed E-state index contributed by atoms with van der Waals surface area (Å²) in [5.74, 6) is -1.95. The first-order chi connectivity index (χ1) is 18.0. The van der Waals surface area contributed by atoms with Crippen LogP contribution < -0.4 is 0 Å². The molecule has 4 unspecified atom stereocenters. The lowest BCUT2D eigenvalue weighted by Gasteiger charge is -2.54. The SMILES string of the molecule is CC[C@H]1CC2=C(C(=O)c3c(O)c4c(c(O)c3C2=O)C2CC(O[C@H]3CC[C@H](O)[C@H](C)C3)C4(O)C(C)O2)[C@H](C)O1. The van der Waals surface area contributed by atoms with Crippen LogP contribution in [0.4, 0.5) is 0 Å². The molecule has 4 N–H and O–H groups in total. The standard InChI is InChI=1S/C29H36O9/c1-5-14-9-16-20(12(3)36-14)26(32)23-22(25(16)31)27(33)21-18-10-19(38-15-6-7-17(30)11(2)8-15)29(35,13(4)37-18)24(21)28(23)34/h11-15,17-19,30,33-35H,5-10H2,1-4H3/t11-,12+,13?,14+,15+,17+,18?,19?,29?/m1/s1. The van der Waals surface area contributed by atoms with Gasteiger partial charge in [-0.3, -0.25) is 9.59 Å². The Morgan fingerprint density at radius 3 is 2.39 bits per heavy atom. The van der Waals surface area contributed by atoms with Gasteiger partial charge in [-0.2, -0.15) is 0 Å². The van der Waals surface area contributed by atoms with E-state index in [1.165, 1.54) is 0 Å². The summed E-state index contributed by atoms with van der Waals surface area (Å²) < 4.78 is 18.4. The van der Waals surface area contributed by atoms with Crippen LogP contribution >= 0.6 is 0 Å². The predicted molar refractivity (Wildman–Crippen MR) is 134 cm³/mol. The van der Waals surface area contributed by atoms with E-state index in [9.17, 15) is 30.0 Å². The van der Waals surface area contributed by atoms with Gasteiger partial charge in [0.15, 0.2) is 11.6 Å². The van der Waals surface area contributed by atoms with Crippen molar-refractivity contribution in [1.82, 2.24) is 0 Å². The van der Waals surface area contributed by atoms with Crippen molar-refractivity contribution in [3.63, 3.8) is 0 Å². The molecule has 0 amide bonds. The van der Waals surface area contributed by atoms with E-state index in [1.54, 1.807) is 13.8 Å². The van der Waals surface area contributed by atoms with Crippen molar-refractivity contribution in [3.05, 3.63) is 33.4 Å². The summed E-state index contributed by atoms with van der Waals surface area (Å²) in [6, 6.07) is 0. The minimum atomic E-state index is -1.86. The molecule has 9 heteroatoms. The Hall–Kier alpha value is -2.30. The Balaban J connectivity index is 1.46. The third kappa shape index (κ3) is 3.42. The minimum absolute atomic E-state index is 0.00124. The number of ketones is 2. The molecule has 7 rings (SSSR count). The zero-order valence-electron chi connectivity index (χ0n) is 22.2. The molecule has 3 aliphatic carbocycles. The lowest BCUT2D eigenvalue weighted by Crippen LogP contribution is -2.60. The third-order valence-corrected chi connectivity index (χ3v) is 9.54. The van der Waals surface area contributed by atoms with Crippen LogP contribution in [-0.2, 0) is 19.8 Å². The summed E-state index contributed by atoms with van der Waals surface area (Å²) in [5, 5.41) is 45.4. The van der Waals surface area contributed by atoms with Crippen molar-refractivity contribution in [2.24, 2.45) is 5.92 Å². The third-order valence-electron chi connectivity index (χ3n) is 9.54. The molecule has 0 radical (unpaired) electrons. The van der Waals surface area contributed by atoms with E-state index in [0.717, 1.165) is 0 Å². The summed E-state index contributed by atoms with van der Waals surface area (Å²) >= 11 is 0. The van der Waals surface area contributed by atoms with Crippen LogP contribution in [0, 0.1) is 5.92 Å². The monoisotopic (exact) mass is 528 g/mol. The number of aliphatic hydroxyl groups excluding tert-OH is 1. The fourth-order valence-corrected chi connectivity index (χ4v) is 7.39. The van der Waals surface area contributed by atoms with Crippen molar-refractivity contribution < 1.29 is 44.2 Å². The first kappa shape index (κ1) is 26.0. The number of carbonyl (C=O) groups excluding carboxylic acids is 2. The Bertz CT molecular complexity index is 1250. The number of carbonyl (C=O) groups is 2. The highest BCUT2D eigenvalue weighted by molar-refractivity contribution is 6.29. The predicted octanol–water partition coefficient (Wildman–Crippen LogP) is 3.35. The van der Waals surface area contributed by atoms with Gasteiger partial charge in [0.1, 0.15) is 17.1 Å². The summed E-state index contributed by atoms with van der Waals surface area (Å²) in [7, 11) is 0. The summed E-state index contributed by atoms with van der Waals surface area (Å²) in [4.78, 5) is 27.5. The molecule has 9 nitrogen and oxygen atoms in total. The average molecular weight is 529 g/mol. The molecule has 0 spiro atoms. The van der Waals surface area contributed by atoms with Crippen LogP contribution in [0.15, 0.2) is 11.1 Å². The highest BCUT2D eigenvalue weighted by atomic mass is 16.6. The summed E-state index contributed by atoms with van der Waals surface area (Å²) in [6.45, 7) is 7.28. The molecule has 3 aliphatic heterocycles. The first-order valence-corrected chi connectivity index (χ1v) is 13.8. The highest BCUT2D eigenvalue weighted by Crippen LogP contribution is 2.60. The molecular weight excluding hydrogens is 492 g/mol. The second-order valence-corrected chi connectivity index (χ2v) is 11.7. The maximum Gasteiger partial charge on any atom is 0.196 e. The van der Waals surface area contributed by atoms with Crippen LogP contribution in [-0.4, -0.2) is 68.6 Å². The summed E-state index contributed by atoms with van der Waals surface area (Å²) in [5.41, 5.74) is -1.73. The van der Waals surface area contributed by atoms with E-state index in [1.807, 2.05) is 13.8 Å². The smallest absolute Gasteiger partial charge is 0.196 e. The Labute approximate surface area is 221 Å². The van der Waals surface area contributed by atoms with Gasteiger partial charge in [-0.15, -0.1) is 0 Å². The fourth-order valence-electron chi connectivity index (χ4n) is 7.39. The number of aliphatic hydroxyl groups is 2. The molecule has 9 atom stereocenters. The van der Waals surface area contributed by atoms with Gasteiger partial charge in [-0.05, 0) is 45.4 Å². The van der Waals surface area contributed by atoms with Crippen LogP contribution in [0.25, 0.3) is 0 Å². The molecule has 0 aromatic heterocycles. The molecule has 206 valence electrons. The number of rotatable bonds is 3. The Morgan fingerprint density at radius 1 is 1.00 bits per heavy atom. The number of fused-ring (bicyclic) bond motifs is 3. The topological polar surface area (TPSA) is 143 Å². The van der Waals surface area contributed by atoms with Crippen LogP contribution in [0.1, 0.15) is 104 Å². The quantitative estimate of drug-likeness (QED) is 0.434. The fraction of sp³-hybridized carbons (Fsp3) is 0.655. The lowest BCUT2D eigenvalue weighted by atomic mass is 9.66. The van der Waals surface area contributed by atoms with Crippen molar-refractivity contribution in [2.45, 2.75) is 115 Å². The molecule has 38 heavy (non-hydrogen) atoms. The maximum atomic E-state index is 13.8. The molecule has 2 fully saturated rings. The molecule has 6 aliphatic rings. The second kappa shape index (κ2) is 8.86. The molecule has 2 bridgehead atoms. The van der Waals surface area contributed by atoms with E-state index in [-0.39, 0.29) is 58.8 Å². The highest BCUT2D eigenvalue weighted by Gasteiger charge is 2.61. The molecule has 1 aromatic carbocycles. The second-order valence-electron chi connectivity index (χ2n) is 11.7. The van der Waals surface area contributed by atoms with Crippen molar-refractivity contribution in [1.29, 1.82) is 0 Å². The largest absolute Gasteiger partial charge is 0.507 e. The van der Waals surface area contributed by atoms with Gasteiger partial charge in [-0.1, -0.05) is 13.8 Å². The number of hydrogen-bond donors (Lipinski definition) is 4. The number of phenols is 2. The number of aromatic hydroxyl groups is 2. The number of ether oxygens (including phenoxy) is 3. The number of phenolic OH excluding ortho intramolecular Hbond substituents is 2. The van der Waals surface area contributed by atoms with Crippen LogP contribution in [0.3, 0.4) is 0 Å². The number of hydrogen-bond acceptors (Lipinski definition) is 9. The molecule has 1 saturated heterocycles. The van der Waals surface area contributed by atoms with E-state index < -0.39 is 59.2 Å². The van der Waals surface area contributed by atoms with Crippen LogP contribution in [0.5, 0.6) is 11.5 Å². The normalized spacial score (nSPS) is 40.2. The van der Waals surface area contributed by atoms with E-state index >= 15 is 0 Å². The van der Waals surface area contributed by atoms with Gasteiger partial charge < -0.3 is 34.6 Å². The van der Waals surface area contributed by atoms with Gasteiger partial charge in [0.25, 0.3) is 0 Å². The Kier molecular flexibility index (Phi) is 6.05. The zero-order chi connectivity index (χ0) is 27.3. The van der Waals surface area contributed by atoms with Gasteiger partial charge in [0.2, 0.25) is 0 Å². The molecular formula is C29H36O9. The van der Waals surface area contributed by atoms with Gasteiger partial charge >= 0.3 is 0 Å². The molecule has 1 saturated carbocycles. The van der Waals surface area contributed by atoms with Gasteiger partial charge in [0.05, 0.1) is 53.9 Å². The lowest BCUT2D eigenvalue weighted by molar-refractivity contribution is -0.270. The van der Waals surface area contributed by atoms with Gasteiger partial charge in [0, 0.05) is 35.1 Å². The van der Waals surface area contributed by atoms with E-state index in [2.05, 4.69) is 0 Å². The Morgan fingerprint density at radius 2 is 1.71 bits per heavy atom. The maximum absolute atomic E-state index is 13.8. The molecule has 1 aromatic rings. The van der Waals surface area contributed by atoms with Crippen molar-refractivity contribution in [3.8, 4) is 11.5 Å². The molecule has 3 heterocycles. The van der Waals surface area contributed by atoms with E-state index in [4.69, 9.17) is 14.2 Å². The first-order valence-electron chi connectivity index (χ1n) is 13.8. The van der Waals surface area contributed by atoms with Crippen molar-refractivity contribution in [2.75, 3.05) is 0 Å². The minimum Gasteiger partial charge on any atom is -0.507 e. The summed E-state index contributed by atoms with van der Waals surface area (Å²) in [6.07, 6.45) is -0.794. The number of Topliss-reactive ketones (excluding diaryl/α,β-unsaturated/α-hetero) is 2.